The number of rotatable bonds is 8. The van der Waals surface area contributed by atoms with Gasteiger partial charge in [-0.25, -0.2) is 0 Å². The number of nitrogens with one attached hydrogen (secondary N) is 1. The van der Waals surface area contributed by atoms with E-state index < -0.39 is 11.5 Å². The van der Waals surface area contributed by atoms with E-state index in [1.807, 2.05) is 13.1 Å². The highest BCUT2D eigenvalue weighted by Gasteiger charge is 2.69. The maximum absolute atomic E-state index is 14.6. The molecule has 0 radical (unpaired) electrons. The summed E-state index contributed by atoms with van der Waals surface area (Å²) >= 11 is 0. The smallest absolute Gasteiger partial charge is 0.160 e. The van der Waals surface area contributed by atoms with Crippen LogP contribution in [0.25, 0.3) is 0 Å². The van der Waals surface area contributed by atoms with Crippen LogP contribution >= 0.6 is 0 Å². The monoisotopic (exact) mass is 673 g/mol. The third-order valence-electron chi connectivity index (χ3n) is 15.8. The standard InChI is InChI=1S/C43H63NO5/c1-39(2)34-16-17-42(6)35(41(34,5)22-30(37(39)48)27-18-25(24-44-8)19-28(45)20-27)15-14-31-36(33(47)23-43(31,42)7)29(26-12-10-9-11-13-26)21-32(46)38-40(3,4)49-38/h18-20,26,29-30,32,34-35,38,44-46H,9-17,21-24H2,1-8H3/t29-,30+,32+,34-,35+,38+,41+,42-,43-/m0/s1. The highest BCUT2D eigenvalue weighted by Crippen LogP contribution is 2.75. The molecule has 1 aliphatic heterocycles. The summed E-state index contributed by atoms with van der Waals surface area (Å²) in [6.07, 6.45) is 11.2. The molecule has 1 heterocycles. The van der Waals surface area contributed by atoms with Crippen LogP contribution in [0.4, 0.5) is 0 Å². The summed E-state index contributed by atoms with van der Waals surface area (Å²) in [4.78, 5) is 29.0. The molecule has 5 aliphatic carbocycles. The average molecular weight is 674 g/mol. The summed E-state index contributed by atoms with van der Waals surface area (Å²) in [5.41, 5.74) is 3.27. The van der Waals surface area contributed by atoms with Crippen molar-refractivity contribution in [3.63, 3.8) is 0 Å². The zero-order chi connectivity index (χ0) is 35.3. The van der Waals surface area contributed by atoms with Crippen molar-refractivity contribution in [3.8, 4) is 5.75 Å². The first-order valence-corrected chi connectivity index (χ1v) is 19.6. The largest absolute Gasteiger partial charge is 0.508 e. The van der Waals surface area contributed by atoms with Gasteiger partial charge in [0.15, 0.2) is 5.78 Å². The zero-order valence-electron chi connectivity index (χ0n) is 31.6. The molecule has 4 saturated carbocycles. The molecule has 6 nitrogen and oxygen atoms in total. The number of allylic oxidation sites excluding steroid dienone is 2. The van der Waals surface area contributed by atoms with E-state index >= 15 is 0 Å². The second-order valence-corrected chi connectivity index (χ2v) is 19.2. The number of aliphatic hydroxyl groups excluding tert-OH is 1. The molecule has 270 valence electrons. The summed E-state index contributed by atoms with van der Waals surface area (Å²) in [7, 11) is 1.90. The van der Waals surface area contributed by atoms with Gasteiger partial charge in [-0.2, -0.15) is 0 Å². The molecule has 0 unspecified atom stereocenters. The second-order valence-electron chi connectivity index (χ2n) is 19.2. The van der Waals surface area contributed by atoms with Crippen LogP contribution in [0, 0.1) is 45.3 Å². The van der Waals surface area contributed by atoms with Gasteiger partial charge in [0.1, 0.15) is 17.6 Å². The lowest BCUT2D eigenvalue weighted by Crippen LogP contribution is -2.63. The second kappa shape index (κ2) is 12.0. The Labute approximate surface area is 295 Å². The first-order chi connectivity index (χ1) is 23.0. The zero-order valence-corrected chi connectivity index (χ0v) is 31.6. The van der Waals surface area contributed by atoms with Crippen molar-refractivity contribution in [1.29, 1.82) is 0 Å². The fourth-order valence-electron chi connectivity index (χ4n) is 13.3. The molecule has 0 amide bonds. The Hall–Kier alpha value is -2.02. The molecule has 49 heavy (non-hydrogen) atoms. The van der Waals surface area contributed by atoms with E-state index in [-0.39, 0.29) is 51.5 Å². The minimum Gasteiger partial charge on any atom is -0.508 e. The van der Waals surface area contributed by atoms with Crippen molar-refractivity contribution in [1.82, 2.24) is 5.32 Å². The molecule has 0 spiro atoms. The summed E-state index contributed by atoms with van der Waals surface area (Å²) in [5.74, 6) is 1.78. The van der Waals surface area contributed by atoms with Crippen LogP contribution in [-0.4, -0.2) is 46.6 Å². The summed E-state index contributed by atoms with van der Waals surface area (Å²) in [5, 5.41) is 25.4. The van der Waals surface area contributed by atoms with Gasteiger partial charge in [-0.05, 0) is 136 Å². The molecule has 1 aromatic carbocycles. The van der Waals surface area contributed by atoms with Gasteiger partial charge in [0.2, 0.25) is 0 Å². The molecular weight excluding hydrogens is 610 g/mol. The lowest BCUT2D eigenvalue weighted by atomic mass is 9.35. The van der Waals surface area contributed by atoms with Crippen molar-refractivity contribution in [3.05, 3.63) is 40.5 Å². The van der Waals surface area contributed by atoms with Crippen molar-refractivity contribution in [2.75, 3.05) is 7.05 Å². The molecule has 9 atom stereocenters. The van der Waals surface area contributed by atoms with Crippen LogP contribution in [0.15, 0.2) is 29.3 Å². The predicted molar refractivity (Wildman–Crippen MR) is 193 cm³/mol. The molecule has 0 aromatic heterocycles. The Morgan fingerprint density at radius 3 is 2.29 bits per heavy atom. The van der Waals surface area contributed by atoms with Crippen molar-refractivity contribution in [2.45, 2.75) is 156 Å². The molecule has 5 fully saturated rings. The van der Waals surface area contributed by atoms with Crippen LogP contribution in [-0.2, 0) is 20.9 Å². The Morgan fingerprint density at radius 1 is 0.939 bits per heavy atom. The number of fused-ring (bicyclic) bond motifs is 5. The third-order valence-corrected chi connectivity index (χ3v) is 15.8. The number of benzene rings is 1. The number of phenols is 1. The molecule has 3 N–H and O–H groups in total. The van der Waals surface area contributed by atoms with Crippen molar-refractivity contribution < 1.29 is 24.5 Å². The maximum atomic E-state index is 14.6. The lowest BCUT2D eigenvalue weighted by molar-refractivity contribution is -0.183. The van der Waals surface area contributed by atoms with Crippen LogP contribution in [0.5, 0.6) is 5.75 Å². The number of carbonyl (C=O) groups is 2. The molecule has 7 rings (SSSR count). The first-order valence-electron chi connectivity index (χ1n) is 19.6. The summed E-state index contributed by atoms with van der Waals surface area (Å²) in [6.45, 7) is 16.5. The number of ether oxygens (including phenoxy) is 1. The van der Waals surface area contributed by atoms with Crippen LogP contribution in [0.2, 0.25) is 0 Å². The first kappa shape index (κ1) is 35.4. The SMILES string of the molecule is CNCc1cc(O)cc([C@H]2C[C@@]3(C)[C@H]4CCC5=C([C@@H](C[C@@H](O)[C@H]6OC6(C)C)C6CCCCC6)C(=O)C[C@]5(C)[C@@]4(C)CC[C@H]3C(C)(C)C2=O)c1. The predicted octanol–water partition coefficient (Wildman–Crippen LogP) is 8.43. The van der Waals surface area contributed by atoms with Gasteiger partial charge in [-0.15, -0.1) is 0 Å². The number of carbonyl (C=O) groups excluding carboxylic acids is 2. The molecule has 6 heteroatoms. The average Bonchev–Trinajstić information content (AvgIpc) is 3.59. The van der Waals surface area contributed by atoms with E-state index in [9.17, 15) is 19.8 Å². The minimum atomic E-state index is -0.555. The molecule has 6 aliphatic rings. The maximum Gasteiger partial charge on any atom is 0.160 e. The van der Waals surface area contributed by atoms with E-state index in [1.54, 1.807) is 6.07 Å². The van der Waals surface area contributed by atoms with Gasteiger partial charge in [0.25, 0.3) is 0 Å². The van der Waals surface area contributed by atoms with Gasteiger partial charge >= 0.3 is 0 Å². The van der Waals surface area contributed by atoms with E-state index in [0.29, 0.717) is 42.8 Å². The Bertz CT molecular complexity index is 1540. The highest BCUT2D eigenvalue weighted by molar-refractivity contribution is 6.01. The molecule has 1 aromatic rings. The Morgan fingerprint density at radius 2 is 1.63 bits per heavy atom. The Kier molecular flexibility index (Phi) is 8.68. The number of phenolic OH excluding ortho intramolecular Hbond substituents is 1. The number of hydrogen-bond donors (Lipinski definition) is 3. The van der Waals surface area contributed by atoms with E-state index in [0.717, 1.165) is 61.6 Å². The number of aliphatic hydroxyl groups is 1. The van der Waals surface area contributed by atoms with Gasteiger partial charge in [-0.1, -0.05) is 65.5 Å². The topological polar surface area (TPSA) is 99.2 Å². The summed E-state index contributed by atoms with van der Waals surface area (Å²) in [6, 6.07) is 5.74. The quantitative estimate of drug-likeness (QED) is 0.240. The molecule has 1 saturated heterocycles. The van der Waals surface area contributed by atoms with Gasteiger partial charge in [0.05, 0.1) is 11.7 Å². The van der Waals surface area contributed by atoms with Crippen LogP contribution < -0.4 is 5.32 Å². The Balaban J connectivity index is 1.26. The van der Waals surface area contributed by atoms with Gasteiger partial charge < -0.3 is 20.3 Å². The minimum absolute atomic E-state index is 0.0717. The van der Waals surface area contributed by atoms with Gasteiger partial charge in [-0.3, -0.25) is 9.59 Å². The molecule has 0 bridgehead atoms. The molecular formula is C43H63NO5. The van der Waals surface area contributed by atoms with Crippen molar-refractivity contribution >= 4 is 11.6 Å². The van der Waals surface area contributed by atoms with Crippen LogP contribution in [0.3, 0.4) is 0 Å². The fourth-order valence-corrected chi connectivity index (χ4v) is 13.3. The number of hydrogen-bond acceptors (Lipinski definition) is 6. The summed E-state index contributed by atoms with van der Waals surface area (Å²) < 4.78 is 5.92. The van der Waals surface area contributed by atoms with E-state index in [1.165, 1.54) is 24.8 Å². The van der Waals surface area contributed by atoms with E-state index in [2.05, 4.69) is 59.8 Å². The number of Topliss-reactive ketones (excluding diaryl/α,β-unsaturated/α-hetero) is 2. The highest BCUT2D eigenvalue weighted by atomic mass is 16.6. The van der Waals surface area contributed by atoms with Crippen molar-refractivity contribution in [2.24, 2.45) is 45.3 Å². The third kappa shape index (κ3) is 5.43. The van der Waals surface area contributed by atoms with Gasteiger partial charge in [0, 0.05) is 29.7 Å². The fraction of sp³-hybridized carbons (Fsp3) is 0.767. The van der Waals surface area contributed by atoms with Crippen LogP contribution in [0.1, 0.15) is 143 Å². The lowest BCUT2D eigenvalue weighted by Gasteiger charge is -2.68. The van der Waals surface area contributed by atoms with E-state index in [4.69, 9.17) is 4.74 Å². The number of aromatic hydroxyl groups is 1. The number of ketones is 2. The number of epoxide rings is 1. The normalized spacial score (nSPS) is 39.6.